The minimum Gasteiger partial charge on any atom is -0.476 e. The molecule has 0 saturated carbocycles. The van der Waals surface area contributed by atoms with E-state index in [1.807, 2.05) is 0 Å². The zero-order valence-electron chi connectivity index (χ0n) is 5.07. The lowest BCUT2D eigenvalue weighted by molar-refractivity contribution is -0.134. The van der Waals surface area contributed by atoms with Crippen molar-refractivity contribution in [1.29, 1.82) is 1.43 Å². The highest BCUT2D eigenvalue weighted by Gasteiger charge is 2.08. The molecule has 0 amide bonds. The van der Waals surface area contributed by atoms with Crippen LogP contribution in [0.1, 0.15) is 6.92 Å². The molecule has 0 aliphatic rings. The predicted octanol–water partition coefficient (Wildman–Crippen LogP) is 1.24. The van der Waals surface area contributed by atoms with E-state index in [0.29, 0.717) is 0 Å². The van der Waals surface area contributed by atoms with Gasteiger partial charge in [-0.05, 0) is 6.92 Å². The van der Waals surface area contributed by atoms with Gasteiger partial charge in [-0.2, -0.15) is 4.39 Å². The van der Waals surface area contributed by atoms with E-state index in [-0.39, 0.29) is 0 Å². The summed E-state index contributed by atoms with van der Waals surface area (Å²) in [5.74, 6) is -4.56. The minimum atomic E-state index is -1.66. The lowest BCUT2D eigenvalue weighted by Crippen LogP contribution is -1.95. The number of halogens is 2. The number of carboxylic acids is 1. The number of carboxylic acid groups (broad SMARTS) is 1. The van der Waals surface area contributed by atoms with E-state index in [1.165, 1.54) is 0 Å². The lowest BCUT2D eigenvalue weighted by atomic mass is 10.5. The fourth-order valence-corrected chi connectivity index (χ4v) is 0.141. The van der Waals surface area contributed by atoms with Crippen molar-refractivity contribution in [2.45, 2.75) is 6.92 Å². The van der Waals surface area contributed by atoms with Crippen LogP contribution in [0.25, 0.3) is 1.43 Å². The summed E-state index contributed by atoms with van der Waals surface area (Å²) in [7, 11) is 0. The third kappa shape index (κ3) is 1.68. The van der Waals surface area contributed by atoms with Crippen LogP contribution in [-0.4, -0.2) is 11.1 Å². The van der Waals surface area contributed by atoms with Gasteiger partial charge in [0, 0.05) is 0 Å². The fourth-order valence-electron chi connectivity index (χ4n) is 0.141. The van der Waals surface area contributed by atoms with E-state index in [9.17, 15) is 13.6 Å². The number of hydrogen-bond acceptors (Lipinski definition) is 2. The number of allylic oxidation sites excluding steroid dienone is 1. The van der Waals surface area contributed by atoms with Gasteiger partial charge in [-0.25, -0.2) is 9.18 Å². The SMILES string of the molecule is [2H]OC(=O)C(F)=C(C)F. The molecule has 0 aromatic carbocycles. The summed E-state index contributed by atoms with van der Waals surface area (Å²) >= 11 is 0. The summed E-state index contributed by atoms with van der Waals surface area (Å²) < 4.78 is 29.3. The van der Waals surface area contributed by atoms with E-state index in [4.69, 9.17) is 1.43 Å². The molecule has 0 heterocycles. The molecule has 8 heavy (non-hydrogen) atoms. The van der Waals surface area contributed by atoms with E-state index in [1.54, 1.807) is 0 Å². The Morgan fingerprint density at radius 3 is 2.38 bits per heavy atom. The molecule has 1 N–H and O–H groups in total. The molecule has 0 aromatic heterocycles. The zero-order chi connectivity index (χ0) is 7.44. The highest BCUT2D eigenvalue weighted by atomic mass is 19.2. The number of aliphatic carboxylic acids is 1. The van der Waals surface area contributed by atoms with Gasteiger partial charge in [0.25, 0.3) is 1.43 Å². The summed E-state index contributed by atoms with van der Waals surface area (Å²) in [6.45, 7) is 0.756. The summed E-state index contributed by atoms with van der Waals surface area (Å²) in [4.78, 5) is 9.87. The molecule has 0 unspecified atom stereocenters. The Morgan fingerprint density at radius 2 is 2.25 bits per heavy atom. The van der Waals surface area contributed by atoms with Crippen LogP contribution in [0.15, 0.2) is 11.7 Å². The van der Waals surface area contributed by atoms with Crippen molar-refractivity contribution in [1.82, 2.24) is 0 Å². The van der Waals surface area contributed by atoms with Crippen molar-refractivity contribution in [3.05, 3.63) is 11.7 Å². The van der Waals surface area contributed by atoms with E-state index >= 15 is 0 Å². The second-order valence-electron chi connectivity index (χ2n) is 1.13. The van der Waals surface area contributed by atoms with Gasteiger partial charge in [0.1, 0.15) is 5.83 Å². The van der Waals surface area contributed by atoms with Crippen LogP contribution in [0.3, 0.4) is 0 Å². The Bertz CT molecular complexity index is 151. The third-order valence-electron chi connectivity index (χ3n) is 0.482. The maximum absolute atomic E-state index is 11.8. The molecule has 0 aromatic rings. The van der Waals surface area contributed by atoms with Gasteiger partial charge in [0.2, 0.25) is 5.83 Å². The summed E-state index contributed by atoms with van der Waals surface area (Å²) in [5, 5.41) is 3.11. The van der Waals surface area contributed by atoms with Crippen LogP contribution in [0.5, 0.6) is 0 Å². The van der Waals surface area contributed by atoms with Gasteiger partial charge in [0.05, 0.1) is 0 Å². The van der Waals surface area contributed by atoms with Gasteiger partial charge >= 0.3 is 5.97 Å². The molecule has 0 aliphatic carbocycles. The first-order valence-electron chi connectivity index (χ1n) is 2.19. The van der Waals surface area contributed by atoms with Gasteiger partial charge < -0.3 is 5.11 Å². The Balaban J connectivity index is 4.21. The van der Waals surface area contributed by atoms with Crippen LogP contribution in [0, 0.1) is 0 Å². The normalized spacial score (nSPS) is 14.1. The van der Waals surface area contributed by atoms with Crippen LogP contribution in [0.4, 0.5) is 8.78 Å². The van der Waals surface area contributed by atoms with Gasteiger partial charge in [-0.3, -0.25) is 0 Å². The second-order valence-corrected chi connectivity index (χ2v) is 1.13. The number of hydrogen-bond donors (Lipinski definition) is 1. The zero-order valence-corrected chi connectivity index (χ0v) is 4.07. The molecule has 2 nitrogen and oxygen atoms in total. The lowest BCUT2D eigenvalue weighted by Gasteiger charge is -1.84. The average molecular weight is 123 g/mol. The molecule has 0 aliphatic heterocycles. The van der Waals surface area contributed by atoms with E-state index < -0.39 is 17.6 Å². The molecule has 0 atom stereocenters. The molecule has 0 radical (unpaired) electrons. The summed E-state index contributed by atoms with van der Waals surface area (Å²) in [6, 6.07) is 0. The molecular weight excluding hydrogens is 118 g/mol. The monoisotopic (exact) mass is 123 g/mol. The highest BCUT2D eigenvalue weighted by Crippen LogP contribution is 2.05. The topological polar surface area (TPSA) is 37.3 Å². The highest BCUT2D eigenvalue weighted by molar-refractivity contribution is 5.84. The van der Waals surface area contributed by atoms with Crippen LogP contribution < -0.4 is 0 Å². The quantitative estimate of drug-likeness (QED) is 0.532. The first-order valence-corrected chi connectivity index (χ1v) is 1.79. The van der Waals surface area contributed by atoms with Crippen molar-refractivity contribution in [3.63, 3.8) is 0 Å². The third-order valence-corrected chi connectivity index (χ3v) is 0.482. The minimum absolute atomic E-state index is 0.756. The number of carbonyl (C=O) groups is 1. The standard InChI is InChI=1S/C4H4F2O2/c1-2(5)3(6)4(7)8/h1H3,(H,7,8)/i/hD. The Labute approximate surface area is 45.9 Å². The molecule has 0 spiro atoms. The fraction of sp³-hybridized carbons (Fsp3) is 0.250. The smallest absolute Gasteiger partial charge is 0.367 e. The molecule has 0 fully saturated rings. The molecule has 4 heteroatoms. The first-order chi connectivity index (χ1) is 4.09. The maximum Gasteiger partial charge on any atom is 0.367 e. The molecule has 0 bridgehead atoms. The van der Waals surface area contributed by atoms with Crippen molar-refractivity contribution in [2.24, 2.45) is 0 Å². The summed E-state index contributed by atoms with van der Waals surface area (Å²) in [6.07, 6.45) is 0. The van der Waals surface area contributed by atoms with Crippen molar-refractivity contribution >= 4 is 5.97 Å². The Morgan fingerprint density at radius 1 is 1.75 bits per heavy atom. The summed E-state index contributed by atoms with van der Waals surface area (Å²) in [5.41, 5.74) is 0. The van der Waals surface area contributed by atoms with Crippen molar-refractivity contribution in [3.8, 4) is 0 Å². The predicted molar refractivity (Wildman–Crippen MR) is 22.6 cm³/mol. The molecular formula is C4H4F2O2. The van der Waals surface area contributed by atoms with Crippen molar-refractivity contribution in [2.75, 3.05) is 0 Å². The average Bonchev–Trinajstić information content (AvgIpc) is 1.84. The Kier molecular flexibility index (Phi) is 1.56. The van der Waals surface area contributed by atoms with E-state index in [2.05, 4.69) is 5.11 Å². The first kappa shape index (κ1) is 5.21. The van der Waals surface area contributed by atoms with Crippen LogP contribution >= 0.6 is 0 Å². The largest absolute Gasteiger partial charge is 0.476 e. The van der Waals surface area contributed by atoms with Gasteiger partial charge in [-0.15, -0.1) is 0 Å². The molecule has 0 rings (SSSR count). The van der Waals surface area contributed by atoms with Gasteiger partial charge in [0.15, 0.2) is 0 Å². The number of rotatable bonds is 1. The van der Waals surface area contributed by atoms with E-state index in [0.717, 1.165) is 6.92 Å². The molecule has 0 saturated heterocycles. The van der Waals surface area contributed by atoms with Gasteiger partial charge in [-0.1, -0.05) is 0 Å². The Hall–Kier alpha value is -0.930. The van der Waals surface area contributed by atoms with Crippen molar-refractivity contribution < 1.29 is 18.7 Å². The van der Waals surface area contributed by atoms with Crippen LogP contribution in [-0.2, 0) is 4.79 Å². The second kappa shape index (κ2) is 2.40. The van der Waals surface area contributed by atoms with Crippen LogP contribution in [0.2, 0.25) is 0 Å². The molecule has 46 valence electrons. The maximum atomic E-state index is 11.8.